The van der Waals surface area contributed by atoms with Crippen molar-refractivity contribution in [3.63, 3.8) is 0 Å². The Kier molecular flexibility index (Phi) is 8.02. The number of carboxylic acid groups (broad SMARTS) is 1. The molecule has 0 aliphatic carbocycles. The van der Waals surface area contributed by atoms with Crippen molar-refractivity contribution in [3.05, 3.63) is 71.3 Å². The van der Waals surface area contributed by atoms with Crippen LogP contribution < -0.4 is 0 Å². The third kappa shape index (κ3) is 6.28. The molecule has 2 unspecified atom stereocenters. The Balaban J connectivity index is 2.11. The molecule has 0 bridgehead atoms. The van der Waals surface area contributed by atoms with E-state index in [-0.39, 0.29) is 18.2 Å². The standard InChI is InChI=1S/C25H26ClFN2O4/c1-15(2)25-28-23(16-6-8-19(27)9-7-16)24(17-4-3-5-18(26)12-17)29(25)11-10-20(30)13-21(31)14-22(32)33/h3-12,15,20-21,30-31H,13-14H2,1-2H3,(H,32,33)/b11-10+. The predicted octanol–water partition coefficient (Wildman–Crippen LogP) is 5.19. The molecule has 1 heterocycles. The molecule has 0 aliphatic rings. The smallest absolute Gasteiger partial charge is 0.305 e. The van der Waals surface area contributed by atoms with Crippen LogP contribution in [0.5, 0.6) is 0 Å². The van der Waals surface area contributed by atoms with Crippen LogP contribution in [-0.2, 0) is 4.79 Å². The molecule has 0 aliphatic heterocycles. The lowest BCUT2D eigenvalue weighted by Gasteiger charge is -2.13. The number of aliphatic hydroxyl groups is 2. The van der Waals surface area contributed by atoms with E-state index in [9.17, 15) is 19.4 Å². The molecule has 3 N–H and O–H groups in total. The van der Waals surface area contributed by atoms with Gasteiger partial charge in [0.2, 0.25) is 0 Å². The number of imidazole rings is 1. The Hall–Kier alpha value is -3.00. The normalized spacial score (nSPS) is 13.5. The fourth-order valence-electron chi connectivity index (χ4n) is 3.56. The molecule has 0 radical (unpaired) electrons. The van der Waals surface area contributed by atoms with Gasteiger partial charge in [-0.25, -0.2) is 9.37 Å². The molecule has 1 aromatic heterocycles. The fraction of sp³-hybridized carbons (Fsp3) is 0.280. The minimum absolute atomic E-state index is 0.0107. The Bertz CT molecular complexity index is 1140. The molecular weight excluding hydrogens is 447 g/mol. The van der Waals surface area contributed by atoms with Crippen molar-refractivity contribution >= 4 is 23.8 Å². The number of aromatic nitrogens is 2. The number of aliphatic hydroxyl groups excluding tert-OH is 2. The van der Waals surface area contributed by atoms with Gasteiger partial charge in [-0.1, -0.05) is 37.6 Å². The molecule has 6 nitrogen and oxygen atoms in total. The SMILES string of the molecule is CC(C)c1nc(-c2ccc(F)cc2)c(-c2cccc(Cl)c2)n1/C=C/C(O)CC(O)CC(=O)O. The first-order valence-corrected chi connectivity index (χ1v) is 10.9. The summed E-state index contributed by atoms with van der Waals surface area (Å²) in [7, 11) is 0. The number of benzene rings is 2. The summed E-state index contributed by atoms with van der Waals surface area (Å²) in [6, 6.07) is 13.3. The van der Waals surface area contributed by atoms with Crippen LogP contribution in [0.25, 0.3) is 28.7 Å². The third-order valence-corrected chi connectivity index (χ3v) is 5.29. The molecule has 0 saturated heterocycles. The summed E-state index contributed by atoms with van der Waals surface area (Å²) in [5.41, 5.74) is 2.84. The summed E-state index contributed by atoms with van der Waals surface area (Å²) < 4.78 is 15.4. The van der Waals surface area contributed by atoms with Crippen LogP contribution in [0.3, 0.4) is 0 Å². The van der Waals surface area contributed by atoms with Gasteiger partial charge in [-0.05, 0) is 42.5 Å². The van der Waals surface area contributed by atoms with Crippen molar-refractivity contribution in [1.82, 2.24) is 9.55 Å². The summed E-state index contributed by atoms with van der Waals surface area (Å²) in [5, 5.41) is 29.5. The molecule has 0 fully saturated rings. The molecule has 33 heavy (non-hydrogen) atoms. The van der Waals surface area contributed by atoms with Gasteiger partial charge in [0.25, 0.3) is 0 Å². The monoisotopic (exact) mass is 472 g/mol. The second-order valence-corrected chi connectivity index (χ2v) is 8.54. The van der Waals surface area contributed by atoms with Crippen LogP contribution in [0.15, 0.2) is 54.6 Å². The van der Waals surface area contributed by atoms with Crippen LogP contribution in [0.4, 0.5) is 4.39 Å². The summed E-state index contributed by atoms with van der Waals surface area (Å²) in [5.74, 6) is -0.771. The molecule has 0 amide bonds. The van der Waals surface area contributed by atoms with Gasteiger partial charge in [0.05, 0.1) is 30.0 Å². The zero-order valence-corrected chi connectivity index (χ0v) is 19.1. The van der Waals surface area contributed by atoms with E-state index in [0.29, 0.717) is 22.2 Å². The Labute approximate surface area is 196 Å². The lowest BCUT2D eigenvalue weighted by molar-refractivity contribution is -0.139. The van der Waals surface area contributed by atoms with Crippen LogP contribution in [0, 0.1) is 5.82 Å². The van der Waals surface area contributed by atoms with Gasteiger partial charge in [0.15, 0.2) is 0 Å². The second-order valence-electron chi connectivity index (χ2n) is 8.11. The van der Waals surface area contributed by atoms with Gasteiger partial charge in [-0.3, -0.25) is 4.79 Å². The number of hydrogen-bond donors (Lipinski definition) is 3. The van der Waals surface area contributed by atoms with E-state index in [2.05, 4.69) is 0 Å². The largest absolute Gasteiger partial charge is 0.481 e. The van der Waals surface area contributed by atoms with Crippen molar-refractivity contribution in [2.75, 3.05) is 0 Å². The average molecular weight is 473 g/mol. The van der Waals surface area contributed by atoms with E-state index in [1.807, 2.05) is 30.5 Å². The Morgan fingerprint density at radius 2 is 1.85 bits per heavy atom. The molecule has 174 valence electrons. The first-order chi connectivity index (χ1) is 15.7. The molecular formula is C25H26ClFN2O4. The predicted molar refractivity (Wildman–Crippen MR) is 126 cm³/mol. The highest BCUT2D eigenvalue weighted by Gasteiger charge is 2.21. The number of rotatable bonds is 9. The first-order valence-electron chi connectivity index (χ1n) is 10.6. The van der Waals surface area contributed by atoms with Gasteiger partial charge < -0.3 is 19.9 Å². The molecule has 2 atom stereocenters. The molecule has 2 aromatic carbocycles. The van der Waals surface area contributed by atoms with Crippen molar-refractivity contribution in [2.45, 2.75) is 44.8 Å². The second kappa shape index (κ2) is 10.7. The topological polar surface area (TPSA) is 95.6 Å². The molecule has 3 aromatic rings. The van der Waals surface area contributed by atoms with E-state index in [0.717, 1.165) is 11.1 Å². The van der Waals surface area contributed by atoms with E-state index in [4.69, 9.17) is 21.7 Å². The molecule has 0 saturated carbocycles. The summed E-state index contributed by atoms with van der Waals surface area (Å²) >= 11 is 6.25. The van der Waals surface area contributed by atoms with Gasteiger partial charge in [0.1, 0.15) is 11.6 Å². The zero-order chi connectivity index (χ0) is 24.1. The lowest BCUT2D eigenvalue weighted by atomic mass is 10.0. The maximum Gasteiger partial charge on any atom is 0.305 e. The average Bonchev–Trinajstić information content (AvgIpc) is 3.12. The molecule has 8 heteroatoms. The van der Waals surface area contributed by atoms with Crippen LogP contribution in [0.2, 0.25) is 5.02 Å². The van der Waals surface area contributed by atoms with E-state index < -0.39 is 24.6 Å². The summed E-state index contributed by atoms with van der Waals surface area (Å²) in [6.07, 6.45) is 0.340. The molecule has 0 spiro atoms. The van der Waals surface area contributed by atoms with E-state index >= 15 is 0 Å². The molecule has 3 rings (SSSR count). The highest BCUT2D eigenvalue weighted by molar-refractivity contribution is 6.30. The minimum Gasteiger partial charge on any atom is -0.481 e. The summed E-state index contributed by atoms with van der Waals surface area (Å²) in [4.78, 5) is 15.6. The van der Waals surface area contributed by atoms with Crippen LogP contribution in [0.1, 0.15) is 38.4 Å². The quantitative estimate of drug-likeness (QED) is 0.398. The Morgan fingerprint density at radius 1 is 1.15 bits per heavy atom. The minimum atomic E-state index is -1.17. The Morgan fingerprint density at radius 3 is 2.45 bits per heavy atom. The number of halogens is 2. The number of hydrogen-bond acceptors (Lipinski definition) is 4. The number of aliphatic carboxylic acids is 1. The van der Waals surface area contributed by atoms with Gasteiger partial charge in [-0.2, -0.15) is 0 Å². The van der Waals surface area contributed by atoms with Crippen molar-refractivity contribution in [1.29, 1.82) is 0 Å². The van der Waals surface area contributed by atoms with Gasteiger partial charge >= 0.3 is 5.97 Å². The third-order valence-electron chi connectivity index (χ3n) is 5.05. The van der Waals surface area contributed by atoms with Gasteiger partial charge in [-0.15, -0.1) is 0 Å². The van der Waals surface area contributed by atoms with Gasteiger partial charge in [0, 0.05) is 34.7 Å². The van der Waals surface area contributed by atoms with E-state index in [1.54, 1.807) is 30.5 Å². The maximum atomic E-state index is 13.5. The van der Waals surface area contributed by atoms with E-state index in [1.165, 1.54) is 18.2 Å². The summed E-state index contributed by atoms with van der Waals surface area (Å²) in [6.45, 7) is 3.96. The fourth-order valence-corrected chi connectivity index (χ4v) is 3.75. The number of carbonyl (C=O) groups is 1. The van der Waals surface area contributed by atoms with Crippen molar-refractivity contribution in [3.8, 4) is 22.5 Å². The zero-order valence-electron chi connectivity index (χ0n) is 18.3. The highest BCUT2D eigenvalue weighted by Crippen LogP contribution is 2.36. The van der Waals surface area contributed by atoms with Crippen LogP contribution in [-0.4, -0.2) is 43.0 Å². The number of carboxylic acids is 1. The number of nitrogens with zero attached hydrogens (tertiary/aromatic N) is 2. The lowest BCUT2D eigenvalue weighted by Crippen LogP contribution is -2.19. The van der Waals surface area contributed by atoms with Crippen molar-refractivity contribution < 1.29 is 24.5 Å². The maximum absolute atomic E-state index is 13.5. The van der Waals surface area contributed by atoms with Crippen molar-refractivity contribution in [2.24, 2.45) is 0 Å². The highest BCUT2D eigenvalue weighted by atomic mass is 35.5. The van der Waals surface area contributed by atoms with Crippen LogP contribution >= 0.6 is 11.6 Å². The first kappa shape index (κ1) is 24.6.